The Labute approximate surface area is 162 Å². The van der Waals surface area contributed by atoms with Gasteiger partial charge in [0.2, 0.25) is 0 Å². The number of rotatable bonds is 2. The molecule has 2 aliphatic rings. The first-order valence-electron chi connectivity index (χ1n) is 10.2. The largest absolute Gasteiger partial charge is 0.248 e. The molecule has 2 aliphatic carbocycles. The van der Waals surface area contributed by atoms with Gasteiger partial charge in [0.15, 0.2) is 0 Å². The summed E-state index contributed by atoms with van der Waals surface area (Å²) in [5, 5.41) is 1.34. The maximum atomic E-state index is 5.06. The summed E-state index contributed by atoms with van der Waals surface area (Å²) in [4.78, 5) is 5.06. The summed E-state index contributed by atoms with van der Waals surface area (Å²) in [5.74, 6) is 0.783. The molecule has 2 atom stereocenters. The predicted octanol–water partition coefficient (Wildman–Crippen LogP) is 6.91. The van der Waals surface area contributed by atoms with Gasteiger partial charge in [-0.2, -0.15) is 0 Å². The molecule has 0 aliphatic heterocycles. The van der Waals surface area contributed by atoms with Crippen molar-refractivity contribution in [3.63, 3.8) is 0 Å². The zero-order valence-electron chi connectivity index (χ0n) is 16.5. The van der Waals surface area contributed by atoms with Crippen LogP contribution < -0.4 is 0 Å². The van der Waals surface area contributed by atoms with Crippen molar-refractivity contribution in [3.05, 3.63) is 76.9 Å². The van der Waals surface area contributed by atoms with Gasteiger partial charge in [-0.3, -0.25) is 0 Å². The normalized spacial score (nSPS) is 24.3. The molecule has 1 heteroatoms. The Morgan fingerprint density at radius 1 is 1.00 bits per heavy atom. The standard InChI is InChI=1S/C26H27N/c1-17-11-18(2)14-21(13-17)24-8-7-22-23(5-4-6-25(22)27-24)26-10-9-20(16-26)12-19(3)15-26/h4-9,11,13-14,19H,10,12,15-16H2,1-3H3. The fourth-order valence-corrected chi connectivity index (χ4v) is 5.63. The van der Waals surface area contributed by atoms with Gasteiger partial charge in [0.1, 0.15) is 0 Å². The lowest BCUT2D eigenvalue weighted by Gasteiger charge is -2.37. The lowest BCUT2D eigenvalue weighted by Crippen LogP contribution is -2.29. The molecule has 1 heterocycles. The first-order chi connectivity index (χ1) is 13.0. The van der Waals surface area contributed by atoms with Gasteiger partial charge in [-0.1, -0.05) is 54.0 Å². The lowest BCUT2D eigenvalue weighted by molar-refractivity contribution is 0.306. The smallest absolute Gasteiger partial charge is 0.0712 e. The Hall–Kier alpha value is -2.41. The predicted molar refractivity (Wildman–Crippen MR) is 114 cm³/mol. The molecule has 0 N–H and O–H groups in total. The quantitative estimate of drug-likeness (QED) is 0.456. The van der Waals surface area contributed by atoms with Crippen molar-refractivity contribution in [2.75, 3.05) is 0 Å². The molecule has 0 radical (unpaired) electrons. The van der Waals surface area contributed by atoms with Crippen LogP contribution in [0.4, 0.5) is 0 Å². The molecule has 1 fully saturated rings. The third kappa shape index (κ3) is 2.81. The Kier molecular flexibility index (Phi) is 3.75. The number of allylic oxidation sites excluding steroid dienone is 2. The lowest BCUT2D eigenvalue weighted by atomic mass is 9.66. The molecule has 27 heavy (non-hydrogen) atoms. The van der Waals surface area contributed by atoms with E-state index in [1.54, 1.807) is 5.57 Å². The minimum atomic E-state index is 0.301. The monoisotopic (exact) mass is 353 g/mol. The van der Waals surface area contributed by atoms with Gasteiger partial charge < -0.3 is 0 Å². The highest BCUT2D eigenvalue weighted by molar-refractivity contribution is 5.86. The molecule has 0 saturated heterocycles. The summed E-state index contributed by atoms with van der Waals surface area (Å²) in [6.45, 7) is 6.72. The van der Waals surface area contributed by atoms with E-state index in [4.69, 9.17) is 4.98 Å². The van der Waals surface area contributed by atoms with E-state index in [2.05, 4.69) is 75.4 Å². The molecule has 5 rings (SSSR count). The molecule has 3 aromatic rings. The molecular weight excluding hydrogens is 326 g/mol. The van der Waals surface area contributed by atoms with Crippen molar-refractivity contribution in [2.24, 2.45) is 5.92 Å². The number of benzene rings is 2. The number of hydrogen-bond donors (Lipinski definition) is 0. The van der Waals surface area contributed by atoms with E-state index in [0.717, 1.165) is 17.1 Å². The van der Waals surface area contributed by atoms with E-state index < -0.39 is 0 Å². The molecule has 136 valence electrons. The maximum Gasteiger partial charge on any atom is 0.0712 e. The van der Waals surface area contributed by atoms with Crippen LogP contribution in [0.2, 0.25) is 0 Å². The highest BCUT2D eigenvalue weighted by atomic mass is 14.7. The Morgan fingerprint density at radius 3 is 2.63 bits per heavy atom. The average molecular weight is 354 g/mol. The maximum absolute atomic E-state index is 5.06. The number of aromatic nitrogens is 1. The van der Waals surface area contributed by atoms with Gasteiger partial charge in [-0.25, -0.2) is 4.98 Å². The second-order valence-corrected chi connectivity index (χ2v) is 8.98. The Morgan fingerprint density at radius 2 is 1.81 bits per heavy atom. The highest BCUT2D eigenvalue weighted by Crippen LogP contribution is 2.52. The van der Waals surface area contributed by atoms with Gasteiger partial charge in [-0.15, -0.1) is 0 Å². The average Bonchev–Trinajstić information content (AvgIpc) is 2.95. The summed E-state index contributed by atoms with van der Waals surface area (Å²) in [5.41, 5.74) is 9.49. The Balaban J connectivity index is 1.63. The molecule has 1 saturated carbocycles. The zero-order valence-corrected chi connectivity index (χ0v) is 16.5. The minimum Gasteiger partial charge on any atom is -0.248 e. The van der Waals surface area contributed by atoms with Crippen LogP contribution in [0.25, 0.3) is 22.2 Å². The summed E-state index contributed by atoms with van der Waals surface area (Å²) in [6.07, 6.45) is 7.55. The van der Waals surface area contributed by atoms with Crippen LogP contribution in [-0.2, 0) is 5.41 Å². The van der Waals surface area contributed by atoms with Crippen LogP contribution in [0.1, 0.15) is 49.3 Å². The fourth-order valence-electron chi connectivity index (χ4n) is 5.63. The Bertz CT molecular complexity index is 1050. The number of nitrogens with zero attached hydrogens (tertiary/aromatic N) is 1. The molecule has 2 aromatic carbocycles. The molecule has 2 bridgehead atoms. The van der Waals surface area contributed by atoms with Gasteiger partial charge >= 0.3 is 0 Å². The fraction of sp³-hybridized carbons (Fsp3) is 0.346. The van der Waals surface area contributed by atoms with Crippen LogP contribution in [-0.4, -0.2) is 4.98 Å². The zero-order chi connectivity index (χ0) is 18.6. The molecule has 1 aromatic heterocycles. The van der Waals surface area contributed by atoms with Gasteiger partial charge in [0, 0.05) is 16.4 Å². The first kappa shape index (κ1) is 16.7. The molecular formula is C26H27N. The van der Waals surface area contributed by atoms with E-state index in [1.807, 2.05) is 0 Å². The molecule has 0 spiro atoms. The first-order valence-corrected chi connectivity index (χ1v) is 10.2. The molecule has 2 unspecified atom stereocenters. The van der Waals surface area contributed by atoms with Gasteiger partial charge in [-0.05, 0) is 75.3 Å². The summed E-state index contributed by atoms with van der Waals surface area (Å²) < 4.78 is 0. The van der Waals surface area contributed by atoms with Crippen molar-refractivity contribution >= 4 is 10.9 Å². The van der Waals surface area contributed by atoms with E-state index in [1.165, 1.54) is 53.3 Å². The third-order valence-electron chi connectivity index (χ3n) is 6.52. The molecule has 0 amide bonds. The van der Waals surface area contributed by atoms with E-state index in [-0.39, 0.29) is 0 Å². The van der Waals surface area contributed by atoms with Crippen LogP contribution in [0.15, 0.2) is 60.2 Å². The topological polar surface area (TPSA) is 12.9 Å². The van der Waals surface area contributed by atoms with Crippen molar-refractivity contribution in [3.8, 4) is 11.3 Å². The number of fused-ring (bicyclic) bond motifs is 3. The number of hydrogen-bond acceptors (Lipinski definition) is 1. The van der Waals surface area contributed by atoms with Crippen LogP contribution in [0, 0.1) is 19.8 Å². The summed E-state index contributed by atoms with van der Waals surface area (Å²) in [6, 6.07) is 18.0. The number of pyridine rings is 1. The molecule has 1 nitrogen and oxygen atoms in total. The second kappa shape index (κ2) is 6.05. The second-order valence-electron chi connectivity index (χ2n) is 8.98. The SMILES string of the molecule is Cc1cc(C)cc(-c2ccc3c(C45CC=C(CC(C)C4)C5)cccc3n2)c1. The van der Waals surface area contributed by atoms with Crippen LogP contribution in [0.3, 0.4) is 0 Å². The van der Waals surface area contributed by atoms with E-state index in [9.17, 15) is 0 Å². The van der Waals surface area contributed by atoms with Gasteiger partial charge in [0.05, 0.1) is 11.2 Å². The summed E-state index contributed by atoms with van der Waals surface area (Å²) >= 11 is 0. The van der Waals surface area contributed by atoms with Crippen LogP contribution in [0.5, 0.6) is 0 Å². The van der Waals surface area contributed by atoms with Crippen molar-refractivity contribution < 1.29 is 0 Å². The minimum absolute atomic E-state index is 0.301. The van der Waals surface area contributed by atoms with Crippen LogP contribution >= 0.6 is 0 Å². The summed E-state index contributed by atoms with van der Waals surface area (Å²) in [7, 11) is 0. The van der Waals surface area contributed by atoms with E-state index in [0.29, 0.717) is 5.41 Å². The number of aryl methyl sites for hydroxylation is 2. The van der Waals surface area contributed by atoms with Crippen molar-refractivity contribution in [1.29, 1.82) is 0 Å². The van der Waals surface area contributed by atoms with Crippen molar-refractivity contribution in [2.45, 2.75) is 51.9 Å². The van der Waals surface area contributed by atoms with Gasteiger partial charge in [0.25, 0.3) is 0 Å². The van der Waals surface area contributed by atoms with E-state index >= 15 is 0 Å². The van der Waals surface area contributed by atoms with Crippen molar-refractivity contribution in [1.82, 2.24) is 4.98 Å². The third-order valence-corrected chi connectivity index (χ3v) is 6.52. The highest BCUT2D eigenvalue weighted by Gasteiger charge is 2.42.